The van der Waals surface area contributed by atoms with E-state index in [-0.39, 0.29) is 11.5 Å². The van der Waals surface area contributed by atoms with Crippen molar-refractivity contribution in [3.8, 4) is 40.1 Å². The van der Waals surface area contributed by atoms with Gasteiger partial charge < -0.3 is 33.4 Å². The summed E-state index contributed by atoms with van der Waals surface area (Å²) < 4.78 is 33.0. The number of hydrogen-bond acceptors (Lipinski definition) is 8. The number of hydrogen-bond donors (Lipinski definition) is 1. The van der Waals surface area contributed by atoms with E-state index in [9.17, 15) is 9.59 Å². The van der Waals surface area contributed by atoms with Gasteiger partial charge in [-0.15, -0.1) is 0 Å². The number of nitrogens with one attached hydrogen (secondary N) is 1. The third-order valence-electron chi connectivity index (χ3n) is 5.43. The molecule has 36 heavy (non-hydrogen) atoms. The lowest BCUT2D eigenvalue weighted by atomic mass is 10.1. The Hall–Kier alpha value is -4.66. The zero-order valence-electron chi connectivity index (χ0n) is 20.2. The van der Waals surface area contributed by atoms with E-state index in [1.54, 1.807) is 60.7 Å². The van der Waals surface area contributed by atoms with Crippen LogP contribution in [-0.4, -0.2) is 41.0 Å². The van der Waals surface area contributed by atoms with Crippen LogP contribution in [0.25, 0.3) is 22.3 Å². The number of carbonyl (C=O) groups excluding carboxylic acids is 1. The second kappa shape index (κ2) is 10.7. The third-order valence-corrected chi connectivity index (χ3v) is 5.43. The minimum atomic E-state index is -0.496. The molecule has 0 aliphatic rings. The molecule has 0 fully saturated rings. The minimum Gasteiger partial charge on any atom is -0.497 e. The van der Waals surface area contributed by atoms with E-state index in [0.717, 1.165) is 0 Å². The highest BCUT2D eigenvalue weighted by Gasteiger charge is 2.20. The molecule has 9 nitrogen and oxygen atoms in total. The largest absolute Gasteiger partial charge is 0.497 e. The third kappa shape index (κ3) is 4.90. The maximum Gasteiger partial charge on any atom is 0.262 e. The first-order valence-corrected chi connectivity index (χ1v) is 10.9. The van der Waals surface area contributed by atoms with Crippen LogP contribution in [0.1, 0.15) is 0 Å². The van der Waals surface area contributed by atoms with Crippen LogP contribution < -0.4 is 34.4 Å². The van der Waals surface area contributed by atoms with E-state index in [2.05, 4.69) is 5.32 Å². The van der Waals surface area contributed by atoms with Crippen molar-refractivity contribution < 1.29 is 32.9 Å². The number of para-hydroxylation sites is 1. The molecule has 0 unspecified atom stereocenters. The van der Waals surface area contributed by atoms with Gasteiger partial charge in [-0.1, -0.05) is 12.1 Å². The van der Waals surface area contributed by atoms with Gasteiger partial charge in [0.05, 0.1) is 39.5 Å². The molecule has 0 bridgehead atoms. The van der Waals surface area contributed by atoms with Crippen molar-refractivity contribution >= 4 is 22.6 Å². The van der Waals surface area contributed by atoms with Gasteiger partial charge in [0.15, 0.2) is 23.9 Å². The van der Waals surface area contributed by atoms with Crippen LogP contribution in [0.5, 0.6) is 28.7 Å². The summed E-state index contributed by atoms with van der Waals surface area (Å²) in [5.41, 5.74) is 0.920. The number of anilines is 1. The quantitative estimate of drug-likeness (QED) is 0.365. The Morgan fingerprint density at radius 1 is 0.833 bits per heavy atom. The van der Waals surface area contributed by atoms with Crippen molar-refractivity contribution in [2.24, 2.45) is 0 Å². The van der Waals surface area contributed by atoms with Gasteiger partial charge in [0, 0.05) is 11.6 Å². The average Bonchev–Trinajstić information content (AvgIpc) is 2.92. The van der Waals surface area contributed by atoms with Crippen LogP contribution in [0.3, 0.4) is 0 Å². The molecule has 1 N–H and O–H groups in total. The lowest BCUT2D eigenvalue weighted by Crippen LogP contribution is -2.23. The molecule has 0 atom stereocenters. The predicted molar refractivity (Wildman–Crippen MR) is 135 cm³/mol. The second-order valence-corrected chi connectivity index (χ2v) is 7.56. The first-order chi connectivity index (χ1) is 17.5. The Morgan fingerprint density at radius 2 is 1.58 bits per heavy atom. The van der Waals surface area contributed by atoms with Gasteiger partial charge in [-0.05, 0) is 42.5 Å². The van der Waals surface area contributed by atoms with Crippen molar-refractivity contribution in [3.63, 3.8) is 0 Å². The molecule has 0 aliphatic heterocycles. The molecular formula is C27H25NO8. The Kier molecular flexibility index (Phi) is 7.29. The Morgan fingerprint density at radius 3 is 2.31 bits per heavy atom. The van der Waals surface area contributed by atoms with Crippen molar-refractivity contribution in [1.29, 1.82) is 0 Å². The van der Waals surface area contributed by atoms with E-state index in [0.29, 0.717) is 45.2 Å². The first kappa shape index (κ1) is 24.5. The number of rotatable bonds is 9. The number of amides is 1. The van der Waals surface area contributed by atoms with Crippen LogP contribution in [0.2, 0.25) is 0 Å². The van der Waals surface area contributed by atoms with Gasteiger partial charge >= 0.3 is 0 Å². The van der Waals surface area contributed by atoms with E-state index in [4.69, 9.17) is 28.1 Å². The van der Waals surface area contributed by atoms with Crippen molar-refractivity contribution in [3.05, 3.63) is 70.9 Å². The van der Waals surface area contributed by atoms with Crippen LogP contribution in [0.4, 0.5) is 5.69 Å². The van der Waals surface area contributed by atoms with Gasteiger partial charge in [0.1, 0.15) is 17.1 Å². The smallest absolute Gasteiger partial charge is 0.262 e. The SMILES string of the molecule is COc1ccc(NC(=O)COc2c(-c3ccc(OC)c(OC)c3)oc3ccccc3c2=O)c(OC)c1. The minimum absolute atomic E-state index is 0.0993. The highest BCUT2D eigenvalue weighted by atomic mass is 16.5. The van der Waals surface area contributed by atoms with Crippen LogP contribution in [-0.2, 0) is 4.79 Å². The molecule has 1 amide bonds. The zero-order valence-corrected chi connectivity index (χ0v) is 20.2. The lowest BCUT2D eigenvalue weighted by Gasteiger charge is -2.14. The monoisotopic (exact) mass is 491 g/mol. The Balaban J connectivity index is 1.68. The molecule has 1 heterocycles. The maximum atomic E-state index is 13.3. The average molecular weight is 491 g/mol. The molecule has 0 aliphatic carbocycles. The highest BCUT2D eigenvalue weighted by Crippen LogP contribution is 2.37. The van der Waals surface area contributed by atoms with Gasteiger partial charge in [-0.3, -0.25) is 9.59 Å². The fourth-order valence-electron chi connectivity index (χ4n) is 3.65. The Bertz CT molecular complexity index is 1460. The summed E-state index contributed by atoms with van der Waals surface area (Å²) in [5.74, 6) is 1.52. The molecule has 0 saturated heterocycles. The van der Waals surface area contributed by atoms with Gasteiger partial charge in [0.25, 0.3) is 5.91 Å². The van der Waals surface area contributed by atoms with Gasteiger partial charge in [-0.25, -0.2) is 0 Å². The summed E-state index contributed by atoms with van der Waals surface area (Å²) in [6, 6.07) is 16.9. The number of carbonyl (C=O) groups is 1. The molecule has 0 spiro atoms. The van der Waals surface area contributed by atoms with Crippen molar-refractivity contribution in [2.45, 2.75) is 0 Å². The van der Waals surface area contributed by atoms with Crippen LogP contribution in [0.15, 0.2) is 69.9 Å². The predicted octanol–water partition coefficient (Wildman–Crippen LogP) is 4.51. The summed E-state index contributed by atoms with van der Waals surface area (Å²) in [6.07, 6.45) is 0. The Labute approximate surface area is 207 Å². The topological polar surface area (TPSA) is 105 Å². The van der Waals surface area contributed by atoms with Crippen LogP contribution >= 0.6 is 0 Å². The molecular weight excluding hydrogens is 466 g/mol. The number of methoxy groups -OCH3 is 4. The summed E-state index contributed by atoms with van der Waals surface area (Å²) in [7, 11) is 6.05. The number of ether oxygens (including phenoxy) is 5. The molecule has 1 aromatic heterocycles. The fourth-order valence-corrected chi connectivity index (χ4v) is 3.65. The molecule has 186 valence electrons. The molecule has 0 saturated carbocycles. The van der Waals surface area contributed by atoms with E-state index >= 15 is 0 Å². The summed E-state index contributed by atoms with van der Waals surface area (Å²) >= 11 is 0. The summed E-state index contributed by atoms with van der Waals surface area (Å²) in [4.78, 5) is 26.1. The second-order valence-electron chi connectivity index (χ2n) is 7.56. The normalized spacial score (nSPS) is 10.6. The molecule has 0 radical (unpaired) electrons. The fraction of sp³-hybridized carbons (Fsp3) is 0.185. The van der Waals surface area contributed by atoms with Crippen LogP contribution in [0, 0.1) is 0 Å². The molecule has 4 rings (SSSR count). The highest BCUT2D eigenvalue weighted by molar-refractivity contribution is 5.93. The van der Waals surface area contributed by atoms with E-state index < -0.39 is 17.9 Å². The molecule has 9 heteroatoms. The van der Waals surface area contributed by atoms with Gasteiger partial charge in [0.2, 0.25) is 11.2 Å². The zero-order chi connectivity index (χ0) is 25.7. The van der Waals surface area contributed by atoms with Gasteiger partial charge in [-0.2, -0.15) is 0 Å². The first-order valence-electron chi connectivity index (χ1n) is 10.9. The standard InChI is InChI=1S/C27H25NO8/c1-31-17-10-11-19(22(14-17)33-3)28-24(29)15-35-27-25(30)18-7-5-6-8-20(18)36-26(27)16-9-12-21(32-2)23(13-16)34-4/h5-14H,15H2,1-4H3,(H,28,29). The molecule has 4 aromatic rings. The summed E-state index contributed by atoms with van der Waals surface area (Å²) in [5, 5.41) is 3.05. The van der Waals surface area contributed by atoms with E-state index in [1.165, 1.54) is 28.4 Å². The number of benzene rings is 3. The van der Waals surface area contributed by atoms with E-state index in [1.807, 2.05) is 0 Å². The lowest BCUT2D eigenvalue weighted by molar-refractivity contribution is -0.118. The van der Waals surface area contributed by atoms with Crippen molar-refractivity contribution in [2.75, 3.05) is 40.4 Å². The van der Waals surface area contributed by atoms with Crippen molar-refractivity contribution in [1.82, 2.24) is 0 Å². The molecule has 3 aromatic carbocycles. The summed E-state index contributed by atoms with van der Waals surface area (Å²) in [6.45, 7) is -0.446. The number of fused-ring (bicyclic) bond motifs is 1. The maximum absolute atomic E-state index is 13.3.